The van der Waals surface area contributed by atoms with Crippen molar-refractivity contribution >= 4 is 63.9 Å². The Morgan fingerprint density at radius 2 is 0.688 bits per heavy atom. The first-order valence-corrected chi connectivity index (χ1v) is 31.7. The molecular weight excluding hydrogens is 891 g/mol. The molecule has 2 atom stereocenters. The van der Waals surface area contributed by atoms with Gasteiger partial charge in [-0.1, -0.05) is 238 Å². The molecule has 354 valence electrons. The number of halogens is 6. The smallest absolute Gasteiger partial charge is 0.405 e. The van der Waals surface area contributed by atoms with Gasteiger partial charge in [0, 0.05) is 26.8 Å². The average molecular weight is 964 g/mol. The van der Waals surface area contributed by atoms with Crippen LogP contribution in [0.5, 0.6) is 11.5 Å². The second-order valence-electron chi connectivity index (χ2n) is 17.4. The van der Waals surface area contributed by atoms with Crippen molar-refractivity contribution in [3.63, 3.8) is 0 Å². The molecule has 3 nitrogen and oxygen atoms in total. The number of nitrogens with zero attached hydrogens (tertiary/aromatic N) is 1. The maximum Gasteiger partial charge on any atom is 0.573 e. The van der Waals surface area contributed by atoms with Gasteiger partial charge in [-0.15, -0.1) is 26.3 Å². The van der Waals surface area contributed by atoms with Gasteiger partial charge >= 0.3 is 12.7 Å². The van der Waals surface area contributed by atoms with E-state index in [0.717, 1.165) is 87.7 Å². The fraction of sp³-hybridized carbons (Fsp3) is 0.529. The SMILES string of the molecule is CCCC[Si](CCCC)(CCCC)c1ccc(P(c2ccccc2OC(F)(F)F)N(C)P(c2ccc([Si](CCCC)(CCCC)CCCC)cc2)c2ccccc2OC(F)(F)F)cc1. The summed E-state index contributed by atoms with van der Waals surface area (Å²) >= 11 is 0. The van der Waals surface area contributed by atoms with Gasteiger partial charge < -0.3 is 9.47 Å². The molecule has 0 heterocycles. The molecule has 0 saturated heterocycles. The summed E-state index contributed by atoms with van der Waals surface area (Å²) in [6, 6.07) is 36.9. The van der Waals surface area contributed by atoms with E-state index in [0.29, 0.717) is 10.6 Å². The zero-order chi connectivity index (χ0) is 46.8. The van der Waals surface area contributed by atoms with Crippen molar-refractivity contribution in [2.75, 3.05) is 7.05 Å². The molecule has 0 aliphatic carbocycles. The molecule has 4 aromatic carbocycles. The number of hydrogen-bond acceptors (Lipinski definition) is 3. The number of rotatable bonds is 28. The van der Waals surface area contributed by atoms with Crippen LogP contribution in [-0.4, -0.2) is 40.4 Å². The van der Waals surface area contributed by atoms with Gasteiger partial charge in [-0.3, -0.25) is 0 Å². The lowest BCUT2D eigenvalue weighted by Crippen LogP contribution is -2.48. The molecule has 0 spiro atoms. The first kappa shape index (κ1) is 53.9. The molecule has 0 saturated carbocycles. The van der Waals surface area contributed by atoms with E-state index >= 15 is 0 Å². The first-order chi connectivity index (χ1) is 30.6. The third-order valence-electron chi connectivity index (χ3n) is 12.7. The standard InChI is InChI=1S/C51H73F6NO2P2Si2/c1-8-14-36-63(37-15-9-2,38-16-10-3)44-32-28-42(29-33-44)61(48-26-22-20-24-46(48)59-50(52,53)54)58(7)62(49-27-23-21-25-47(49)60-51(55,56)57)43-30-34-45(35-31-43)64(39-17-11-4,40-18-12-5)41-19-13-6/h20-35H,8-19,36-41H2,1-7H3. The number of alkyl halides is 6. The number of para-hydroxylation sites is 2. The summed E-state index contributed by atoms with van der Waals surface area (Å²) in [6.45, 7) is 13.4. The summed E-state index contributed by atoms with van der Waals surface area (Å²) in [6.07, 6.45) is 3.68. The Balaban J connectivity index is 2.02. The van der Waals surface area contributed by atoms with Gasteiger partial charge in [0.05, 0.1) is 16.1 Å². The quantitative estimate of drug-likeness (QED) is 0.0322. The van der Waals surface area contributed by atoms with Crippen LogP contribution in [0.4, 0.5) is 26.3 Å². The lowest BCUT2D eigenvalue weighted by Gasteiger charge is -2.38. The van der Waals surface area contributed by atoms with Crippen molar-refractivity contribution in [1.29, 1.82) is 0 Å². The van der Waals surface area contributed by atoms with Gasteiger partial charge in [-0.05, 0) is 41.9 Å². The molecular formula is C51H73F6NO2P2Si2. The summed E-state index contributed by atoms with van der Waals surface area (Å²) in [5.41, 5.74) is 0. The van der Waals surface area contributed by atoms with E-state index in [4.69, 9.17) is 9.47 Å². The fourth-order valence-electron chi connectivity index (χ4n) is 9.32. The van der Waals surface area contributed by atoms with Crippen molar-refractivity contribution in [1.82, 2.24) is 4.44 Å². The monoisotopic (exact) mass is 963 g/mol. The van der Waals surface area contributed by atoms with E-state index in [1.54, 1.807) is 24.3 Å². The highest BCUT2D eigenvalue weighted by Crippen LogP contribution is 2.55. The molecule has 0 aliphatic rings. The number of benzene rings is 4. The summed E-state index contributed by atoms with van der Waals surface area (Å²) in [5, 5.41) is 5.00. The van der Waals surface area contributed by atoms with Crippen LogP contribution in [-0.2, 0) is 0 Å². The summed E-state index contributed by atoms with van der Waals surface area (Å²) in [4.78, 5) is 0. The Kier molecular flexibility index (Phi) is 21.9. The van der Waals surface area contributed by atoms with E-state index < -0.39 is 45.0 Å². The van der Waals surface area contributed by atoms with Crippen LogP contribution in [0.15, 0.2) is 97.1 Å². The summed E-state index contributed by atoms with van der Waals surface area (Å²) in [7, 11) is -5.69. The van der Waals surface area contributed by atoms with E-state index in [9.17, 15) is 26.3 Å². The van der Waals surface area contributed by atoms with E-state index in [1.165, 1.54) is 70.9 Å². The van der Waals surface area contributed by atoms with E-state index in [-0.39, 0.29) is 11.5 Å². The molecule has 0 amide bonds. The van der Waals surface area contributed by atoms with Gasteiger partial charge in [0.15, 0.2) is 0 Å². The van der Waals surface area contributed by atoms with Gasteiger partial charge in [0.2, 0.25) is 0 Å². The Labute approximate surface area is 385 Å². The van der Waals surface area contributed by atoms with Crippen molar-refractivity contribution < 1.29 is 35.8 Å². The van der Waals surface area contributed by atoms with Gasteiger partial charge in [0.25, 0.3) is 0 Å². The third kappa shape index (κ3) is 15.2. The third-order valence-corrected chi connectivity index (χ3v) is 29.2. The Morgan fingerprint density at radius 1 is 0.422 bits per heavy atom. The zero-order valence-electron chi connectivity index (χ0n) is 39.4. The highest BCUT2D eigenvalue weighted by molar-refractivity contribution is 7.84. The molecule has 4 aromatic rings. The van der Waals surface area contributed by atoms with Crippen molar-refractivity contribution in [2.24, 2.45) is 0 Å². The van der Waals surface area contributed by atoms with Crippen molar-refractivity contribution in [3.05, 3.63) is 97.1 Å². The highest BCUT2D eigenvalue weighted by atomic mass is 31.2. The normalized spacial score (nSPS) is 13.6. The van der Waals surface area contributed by atoms with Gasteiger partial charge in [0.1, 0.15) is 11.5 Å². The Bertz CT molecular complexity index is 1760. The Hall–Kier alpha value is -2.69. The summed E-state index contributed by atoms with van der Waals surface area (Å²) in [5.74, 6) is -0.642. The predicted octanol–water partition coefficient (Wildman–Crippen LogP) is 14.9. The van der Waals surface area contributed by atoms with Crippen LogP contribution < -0.4 is 41.1 Å². The molecule has 13 heteroatoms. The van der Waals surface area contributed by atoms with Gasteiger partial charge in [-0.2, -0.15) is 0 Å². The predicted molar refractivity (Wildman–Crippen MR) is 268 cm³/mol. The molecule has 0 bridgehead atoms. The second kappa shape index (κ2) is 26.0. The molecule has 0 aliphatic heterocycles. The largest absolute Gasteiger partial charge is 0.573 e. The van der Waals surface area contributed by atoms with Crippen LogP contribution >= 0.6 is 16.1 Å². The number of unbranched alkanes of at least 4 members (excludes halogenated alkanes) is 6. The lowest BCUT2D eigenvalue weighted by molar-refractivity contribution is -0.275. The van der Waals surface area contributed by atoms with Gasteiger partial charge in [-0.25, -0.2) is 4.44 Å². The molecule has 64 heavy (non-hydrogen) atoms. The zero-order valence-corrected chi connectivity index (χ0v) is 43.2. The molecule has 0 fully saturated rings. The summed E-state index contributed by atoms with van der Waals surface area (Å²) < 4.78 is 96.8. The minimum Gasteiger partial charge on any atom is -0.405 e. The van der Waals surface area contributed by atoms with E-state index in [2.05, 4.69) is 90.1 Å². The maximum atomic E-state index is 14.2. The molecule has 4 rings (SSSR count). The van der Waals surface area contributed by atoms with Crippen molar-refractivity contribution in [3.8, 4) is 11.5 Å². The van der Waals surface area contributed by atoms with Crippen LogP contribution in [0.25, 0.3) is 0 Å². The van der Waals surface area contributed by atoms with Crippen LogP contribution in [0.2, 0.25) is 36.3 Å². The minimum atomic E-state index is -4.96. The van der Waals surface area contributed by atoms with Crippen LogP contribution in [0.1, 0.15) is 119 Å². The second-order valence-corrected chi connectivity index (χ2v) is 31.5. The molecule has 0 aromatic heterocycles. The first-order valence-electron chi connectivity index (χ1n) is 23.9. The molecule has 0 radical (unpaired) electrons. The highest BCUT2D eigenvalue weighted by Gasteiger charge is 2.40. The topological polar surface area (TPSA) is 21.7 Å². The number of ether oxygens (including phenoxy) is 2. The molecule has 0 N–H and O–H groups in total. The number of hydrogen-bond donors (Lipinski definition) is 0. The van der Waals surface area contributed by atoms with E-state index in [1.807, 2.05) is 11.5 Å². The van der Waals surface area contributed by atoms with Crippen LogP contribution in [0.3, 0.4) is 0 Å². The minimum absolute atomic E-state index is 0.321. The molecule has 2 unspecified atom stereocenters. The fourth-order valence-corrected chi connectivity index (χ4v) is 26.2. The van der Waals surface area contributed by atoms with Crippen LogP contribution in [0, 0.1) is 0 Å². The average Bonchev–Trinajstić information content (AvgIpc) is 3.27. The lowest BCUT2D eigenvalue weighted by atomic mass is 10.3. The maximum absolute atomic E-state index is 14.2. The van der Waals surface area contributed by atoms with Crippen molar-refractivity contribution in [2.45, 2.75) is 168 Å². The Morgan fingerprint density at radius 3 is 0.938 bits per heavy atom.